The average molecular weight is 273 g/mol. The molecule has 0 saturated heterocycles. The van der Waals surface area contributed by atoms with Crippen LogP contribution in [0, 0.1) is 12.7 Å². The summed E-state index contributed by atoms with van der Waals surface area (Å²) in [6.07, 6.45) is 0. The van der Waals surface area contributed by atoms with Gasteiger partial charge in [-0.1, -0.05) is 30.3 Å². The summed E-state index contributed by atoms with van der Waals surface area (Å²) < 4.78 is 13.9. The molecule has 1 aliphatic heterocycles. The fourth-order valence-electron chi connectivity index (χ4n) is 2.43. The quantitative estimate of drug-likeness (QED) is 0.862. The molecule has 0 radical (unpaired) electrons. The summed E-state index contributed by atoms with van der Waals surface area (Å²) in [4.78, 5) is 0. The molecule has 3 rings (SSSR count). The van der Waals surface area contributed by atoms with E-state index in [4.69, 9.17) is 0 Å². The molecule has 0 saturated carbocycles. The molecule has 0 bridgehead atoms. The van der Waals surface area contributed by atoms with Gasteiger partial charge in [0, 0.05) is 11.5 Å². The van der Waals surface area contributed by atoms with Crippen LogP contribution in [-0.2, 0) is 5.75 Å². The zero-order valence-corrected chi connectivity index (χ0v) is 11.6. The Labute approximate surface area is 117 Å². The van der Waals surface area contributed by atoms with Gasteiger partial charge in [-0.25, -0.2) is 4.39 Å². The standard InChI is InChI=1S/C16H16FNS/c1-11-6-7-15(14(17)8-11)18-16-10-19-9-12-4-2-3-5-13(12)16/h2-8,16,18H,9-10H2,1H3. The summed E-state index contributed by atoms with van der Waals surface area (Å²) in [6.45, 7) is 1.90. The number of nitrogens with one attached hydrogen (secondary N) is 1. The van der Waals surface area contributed by atoms with Gasteiger partial charge in [-0.15, -0.1) is 0 Å². The van der Waals surface area contributed by atoms with Gasteiger partial charge in [-0.2, -0.15) is 11.8 Å². The first-order valence-corrected chi connectivity index (χ1v) is 7.58. The number of anilines is 1. The van der Waals surface area contributed by atoms with Crippen LogP contribution in [0.4, 0.5) is 10.1 Å². The van der Waals surface area contributed by atoms with Gasteiger partial charge >= 0.3 is 0 Å². The lowest BCUT2D eigenvalue weighted by atomic mass is 10.0. The first kappa shape index (κ1) is 12.5. The maximum atomic E-state index is 13.9. The number of hydrogen-bond acceptors (Lipinski definition) is 2. The molecule has 98 valence electrons. The highest BCUT2D eigenvalue weighted by Crippen LogP contribution is 2.34. The van der Waals surface area contributed by atoms with Crippen molar-refractivity contribution in [3.05, 3.63) is 65.0 Å². The van der Waals surface area contributed by atoms with Gasteiger partial charge in [0.25, 0.3) is 0 Å². The minimum Gasteiger partial charge on any atom is -0.375 e. The third kappa shape index (κ3) is 2.61. The van der Waals surface area contributed by atoms with Crippen LogP contribution in [0.3, 0.4) is 0 Å². The Morgan fingerprint density at radius 2 is 2.05 bits per heavy atom. The van der Waals surface area contributed by atoms with Crippen LogP contribution < -0.4 is 5.32 Å². The monoisotopic (exact) mass is 273 g/mol. The van der Waals surface area contributed by atoms with E-state index in [1.54, 1.807) is 6.07 Å². The molecule has 0 spiro atoms. The van der Waals surface area contributed by atoms with Crippen molar-refractivity contribution in [3.63, 3.8) is 0 Å². The molecular weight excluding hydrogens is 257 g/mol. The summed E-state index contributed by atoms with van der Waals surface area (Å²) in [6, 6.07) is 13.9. The summed E-state index contributed by atoms with van der Waals surface area (Å²) in [7, 11) is 0. The number of benzene rings is 2. The topological polar surface area (TPSA) is 12.0 Å². The number of aryl methyl sites for hydroxylation is 1. The summed E-state index contributed by atoms with van der Waals surface area (Å²) in [5.74, 6) is 1.85. The SMILES string of the molecule is Cc1ccc(NC2CSCc3ccccc32)c(F)c1. The molecule has 1 nitrogen and oxygen atoms in total. The van der Waals surface area contributed by atoms with Gasteiger partial charge in [0.2, 0.25) is 0 Å². The van der Waals surface area contributed by atoms with E-state index in [9.17, 15) is 4.39 Å². The zero-order valence-electron chi connectivity index (χ0n) is 10.8. The fraction of sp³-hybridized carbons (Fsp3) is 0.250. The molecule has 19 heavy (non-hydrogen) atoms. The van der Waals surface area contributed by atoms with Crippen molar-refractivity contribution in [1.82, 2.24) is 0 Å². The van der Waals surface area contributed by atoms with E-state index in [-0.39, 0.29) is 11.9 Å². The lowest BCUT2D eigenvalue weighted by molar-refractivity contribution is 0.626. The van der Waals surface area contributed by atoms with Crippen molar-refractivity contribution < 1.29 is 4.39 Å². The van der Waals surface area contributed by atoms with Gasteiger partial charge in [-0.3, -0.25) is 0 Å². The maximum Gasteiger partial charge on any atom is 0.146 e. The van der Waals surface area contributed by atoms with Crippen molar-refractivity contribution in [2.75, 3.05) is 11.1 Å². The second-order valence-corrected chi connectivity index (χ2v) is 5.92. The highest BCUT2D eigenvalue weighted by molar-refractivity contribution is 7.98. The lowest BCUT2D eigenvalue weighted by Gasteiger charge is -2.27. The molecule has 1 heterocycles. The molecule has 2 aromatic carbocycles. The molecule has 1 aliphatic rings. The number of thioether (sulfide) groups is 1. The molecule has 1 unspecified atom stereocenters. The molecule has 3 heteroatoms. The van der Waals surface area contributed by atoms with Crippen LogP contribution in [0.25, 0.3) is 0 Å². The largest absolute Gasteiger partial charge is 0.375 e. The summed E-state index contributed by atoms with van der Waals surface area (Å²) >= 11 is 1.89. The normalized spacial score (nSPS) is 17.9. The van der Waals surface area contributed by atoms with Gasteiger partial charge < -0.3 is 5.32 Å². The Kier molecular flexibility index (Phi) is 3.47. The third-order valence-electron chi connectivity index (χ3n) is 3.43. The van der Waals surface area contributed by atoms with Crippen molar-refractivity contribution in [1.29, 1.82) is 0 Å². The Morgan fingerprint density at radius 1 is 1.21 bits per heavy atom. The number of fused-ring (bicyclic) bond motifs is 1. The van der Waals surface area contributed by atoms with Gasteiger partial charge in [0.1, 0.15) is 5.82 Å². The molecule has 2 aromatic rings. The second-order valence-electron chi connectivity index (χ2n) is 4.89. The highest BCUT2D eigenvalue weighted by atomic mass is 32.2. The Morgan fingerprint density at radius 3 is 2.89 bits per heavy atom. The second kappa shape index (κ2) is 5.25. The van der Waals surface area contributed by atoms with Crippen molar-refractivity contribution in [3.8, 4) is 0 Å². The zero-order chi connectivity index (χ0) is 13.2. The van der Waals surface area contributed by atoms with E-state index < -0.39 is 0 Å². The van der Waals surface area contributed by atoms with Crippen molar-refractivity contribution >= 4 is 17.4 Å². The van der Waals surface area contributed by atoms with E-state index in [2.05, 4.69) is 29.6 Å². The predicted molar refractivity (Wildman–Crippen MR) is 80.1 cm³/mol. The predicted octanol–water partition coefficient (Wildman–Crippen LogP) is 4.53. The van der Waals surface area contributed by atoms with E-state index in [0.717, 1.165) is 17.1 Å². The molecule has 0 amide bonds. The number of hydrogen-bond donors (Lipinski definition) is 1. The van der Waals surface area contributed by atoms with Crippen molar-refractivity contribution in [2.45, 2.75) is 18.7 Å². The van der Waals surface area contributed by atoms with Crippen LogP contribution >= 0.6 is 11.8 Å². The van der Waals surface area contributed by atoms with E-state index in [1.165, 1.54) is 11.1 Å². The van der Waals surface area contributed by atoms with Crippen LogP contribution in [0.5, 0.6) is 0 Å². The van der Waals surface area contributed by atoms with Crippen molar-refractivity contribution in [2.24, 2.45) is 0 Å². The maximum absolute atomic E-state index is 13.9. The first-order valence-electron chi connectivity index (χ1n) is 6.42. The lowest BCUT2D eigenvalue weighted by Crippen LogP contribution is -2.19. The van der Waals surface area contributed by atoms with Crippen LogP contribution in [0.2, 0.25) is 0 Å². The Hall–Kier alpha value is -1.48. The Bertz CT molecular complexity index is 597. The molecule has 0 fully saturated rings. The third-order valence-corrected chi connectivity index (χ3v) is 4.51. The Balaban J connectivity index is 1.88. The summed E-state index contributed by atoms with van der Waals surface area (Å²) in [5.41, 5.74) is 4.18. The van der Waals surface area contributed by atoms with Gasteiger partial charge in [0.15, 0.2) is 0 Å². The minimum absolute atomic E-state index is 0.173. The van der Waals surface area contributed by atoms with Crippen LogP contribution in [0.1, 0.15) is 22.7 Å². The fourth-order valence-corrected chi connectivity index (χ4v) is 3.53. The molecule has 1 atom stereocenters. The minimum atomic E-state index is -0.173. The smallest absolute Gasteiger partial charge is 0.146 e. The van der Waals surface area contributed by atoms with Crippen LogP contribution in [0.15, 0.2) is 42.5 Å². The summed E-state index contributed by atoms with van der Waals surface area (Å²) in [5, 5.41) is 3.34. The number of rotatable bonds is 2. The molecule has 0 aliphatic carbocycles. The highest BCUT2D eigenvalue weighted by Gasteiger charge is 2.20. The van der Waals surface area contributed by atoms with E-state index in [1.807, 2.05) is 30.8 Å². The number of halogens is 1. The van der Waals surface area contributed by atoms with Gasteiger partial charge in [0.05, 0.1) is 11.7 Å². The van der Waals surface area contributed by atoms with E-state index in [0.29, 0.717) is 5.69 Å². The van der Waals surface area contributed by atoms with Gasteiger partial charge in [-0.05, 0) is 35.7 Å². The molecular formula is C16H16FNS. The first-order chi connectivity index (χ1) is 9.24. The van der Waals surface area contributed by atoms with Crippen LogP contribution in [-0.4, -0.2) is 5.75 Å². The average Bonchev–Trinajstić information content (AvgIpc) is 2.42. The molecule has 1 N–H and O–H groups in total. The molecule has 0 aromatic heterocycles. The van der Waals surface area contributed by atoms with E-state index >= 15 is 0 Å².